The summed E-state index contributed by atoms with van der Waals surface area (Å²) in [7, 11) is 0. The molecule has 0 aromatic heterocycles. The minimum absolute atomic E-state index is 0.469. The van der Waals surface area contributed by atoms with Crippen LogP contribution in [-0.4, -0.2) is 13.1 Å². The third-order valence-electron chi connectivity index (χ3n) is 0.381. The molecule has 0 aliphatic carbocycles. The lowest BCUT2D eigenvalue weighted by atomic mass is 10.4. The summed E-state index contributed by atoms with van der Waals surface area (Å²) >= 11 is 0. The van der Waals surface area contributed by atoms with Crippen molar-refractivity contribution in [2.24, 2.45) is 5.73 Å². The molecule has 0 rings (SSSR count). The van der Waals surface area contributed by atoms with Gasteiger partial charge in [-0.05, 0) is 13.0 Å². The normalized spacial score (nSPS) is 8.40. The van der Waals surface area contributed by atoms with Crippen molar-refractivity contribution in [3.63, 3.8) is 0 Å². The lowest BCUT2D eigenvalue weighted by Gasteiger charge is -1.79. The first kappa shape index (κ1) is 4.92. The first-order chi connectivity index (χ1) is 2.41. The first-order valence-corrected chi connectivity index (χ1v) is 1.76. The van der Waals surface area contributed by atoms with Gasteiger partial charge in [0.15, 0.2) is 0 Å². The lowest BCUT2D eigenvalue weighted by molar-refractivity contribution is 0.828. The molecular formula is C3H9N2. The minimum Gasteiger partial charge on any atom is -0.330 e. The molecule has 31 valence electrons. The molecule has 0 aliphatic rings. The van der Waals surface area contributed by atoms with E-state index in [1.807, 2.05) is 0 Å². The Morgan fingerprint density at radius 3 is 2.20 bits per heavy atom. The average Bonchev–Trinajstić information content (AvgIpc) is 1.41. The Kier molecular flexibility index (Phi) is 3.86. The van der Waals surface area contributed by atoms with Crippen molar-refractivity contribution in [3.8, 4) is 0 Å². The van der Waals surface area contributed by atoms with Gasteiger partial charge in [0, 0.05) is 6.54 Å². The van der Waals surface area contributed by atoms with Crippen molar-refractivity contribution in [2.45, 2.75) is 6.42 Å². The largest absolute Gasteiger partial charge is 0.330 e. The Morgan fingerprint density at radius 2 is 2.20 bits per heavy atom. The van der Waals surface area contributed by atoms with Crippen molar-refractivity contribution >= 4 is 0 Å². The van der Waals surface area contributed by atoms with Gasteiger partial charge in [-0.15, -0.1) is 0 Å². The zero-order valence-electron chi connectivity index (χ0n) is 3.20. The summed E-state index contributed by atoms with van der Waals surface area (Å²) in [6.07, 6.45) is 0.833. The lowest BCUT2D eigenvalue weighted by Crippen LogP contribution is -2.00. The highest BCUT2D eigenvalue weighted by Gasteiger charge is 1.68. The minimum atomic E-state index is 0.469. The Hall–Kier alpha value is -0.0800. The van der Waals surface area contributed by atoms with Crippen molar-refractivity contribution in [1.82, 2.24) is 5.73 Å². The van der Waals surface area contributed by atoms with Gasteiger partial charge in [-0.25, -0.2) is 0 Å². The molecule has 3 N–H and O–H groups in total. The average molecular weight is 73.1 g/mol. The van der Waals surface area contributed by atoms with E-state index in [2.05, 4.69) is 0 Å². The monoisotopic (exact) mass is 73.1 g/mol. The fourth-order valence-corrected chi connectivity index (χ4v) is 0.102. The summed E-state index contributed by atoms with van der Waals surface area (Å²) in [6, 6.07) is 0. The fraction of sp³-hybridized carbons (Fsp3) is 1.00. The van der Waals surface area contributed by atoms with Crippen LogP contribution in [0.15, 0.2) is 0 Å². The summed E-state index contributed by atoms with van der Waals surface area (Å²) in [5.74, 6) is 0. The van der Waals surface area contributed by atoms with Gasteiger partial charge in [0.2, 0.25) is 0 Å². The number of hydrogen-bond acceptors (Lipinski definition) is 1. The second kappa shape index (κ2) is 3.92. The molecule has 0 aliphatic heterocycles. The molecule has 0 saturated carbocycles. The van der Waals surface area contributed by atoms with E-state index in [0.717, 1.165) is 6.42 Å². The maximum atomic E-state index is 6.52. The zero-order chi connectivity index (χ0) is 4.12. The number of nitrogens with one attached hydrogen (secondary N) is 1. The Morgan fingerprint density at radius 1 is 1.60 bits per heavy atom. The van der Waals surface area contributed by atoms with Gasteiger partial charge in [0.05, 0.1) is 0 Å². The van der Waals surface area contributed by atoms with Crippen LogP contribution in [0.25, 0.3) is 0 Å². The second-order valence-corrected chi connectivity index (χ2v) is 0.892. The third kappa shape index (κ3) is 3.92. The summed E-state index contributed by atoms with van der Waals surface area (Å²) in [4.78, 5) is 0. The number of rotatable bonds is 2. The smallest absolute Gasteiger partial charge is 0.0112 e. The second-order valence-electron chi connectivity index (χ2n) is 0.892. The molecule has 0 aromatic rings. The highest BCUT2D eigenvalue weighted by Crippen LogP contribution is 1.60. The predicted octanol–water partition coefficient (Wildman–Crippen LogP) is -0.382. The molecule has 2 heteroatoms. The Labute approximate surface area is 32.1 Å². The predicted molar refractivity (Wildman–Crippen MR) is 21.6 cm³/mol. The Balaban J connectivity index is 2.19. The third-order valence-corrected chi connectivity index (χ3v) is 0.381. The maximum Gasteiger partial charge on any atom is 0.0112 e. The van der Waals surface area contributed by atoms with Crippen LogP contribution in [0.3, 0.4) is 0 Å². The van der Waals surface area contributed by atoms with Crippen molar-refractivity contribution < 1.29 is 0 Å². The zero-order valence-corrected chi connectivity index (χ0v) is 3.20. The molecule has 0 aromatic carbocycles. The number of nitrogens with two attached hydrogens (primary N) is 1. The van der Waals surface area contributed by atoms with Gasteiger partial charge in [-0.1, -0.05) is 0 Å². The molecule has 2 nitrogen and oxygen atoms in total. The van der Waals surface area contributed by atoms with E-state index in [9.17, 15) is 0 Å². The van der Waals surface area contributed by atoms with Gasteiger partial charge in [0.25, 0.3) is 0 Å². The first-order valence-electron chi connectivity index (χ1n) is 1.76. The van der Waals surface area contributed by atoms with Crippen LogP contribution in [0, 0.1) is 0 Å². The molecule has 0 fully saturated rings. The van der Waals surface area contributed by atoms with Crippen molar-refractivity contribution in [1.29, 1.82) is 0 Å². The molecule has 0 amide bonds. The summed E-state index contributed by atoms with van der Waals surface area (Å²) < 4.78 is 0. The van der Waals surface area contributed by atoms with Crippen LogP contribution in [0.4, 0.5) is 0 Å². The molecule has 0 spiro atoms. The molecule has 1 radical (unpaired) electrons. The van der Waals surface area contributed by atoms with E-state index in [0.29, 0.717) is 13.1 Å². The molecule has 5 heavy (non-hydrogen) atoms. The highest BCUT2D eigenvalue weighted by atomic mass is 14.6. The quantitative estimate of drug-likeness (QED) is 0.476. The van der Waals surface area contributed by atoms with Crippen molar-refractivity contribution in [2.75, 3.05) is 13.1 Å². The van der Waals surface area contributed by atoms with Gasteiger partial charge < -0.3 is 5.73 Å². The van der Waals surface area contributed by atoms with E-state index in [1.165, 1.54) is 0 Å². The molecular weight excluding hydrogens is 64.0 g/mol. The van der Waals surface area contributed by atoms with Crippen LogP contribution in [0.2, 0.25) is 0 Å². The standard InChI is InChI=1S/C3H9N2/c4-2-1-3-5/h4H,1-3,5H2. The summed E-state index contributed by atoms with van der Waals surface area (Å²) in [6.45, 7) is 1.12. The molecule has 0 heterocycles. The SMILES string of the molecule is [NH]CCCN. The molecule has 0 saturated heterocycles. The van der Waals surface area contributed by atoms with Gasteiger partial charge in [0.1, 0.15) is 0 Å². The van der Waals surface area contributed by atoms with E-state index in [4.69, 9.17) is 11.5 Å². The van der Waals surface area contributed by atoms with E-state index < -0.39 is 0 Å². The van der Waals surface area contributed by atoms with Crippen LogP contribution >= 0.6 is 0 Å². The number of hydrogen-bond donors (Lipinski definition) is 1. The maximum absolute atomic E-state index is 6.52. The van der Waals surface area contributed by atoms with Crippen LogP contribution < -0.4 is 11.5 Å². The van der Waals surface area contributed by atoms with Crippen LogP contribution in [0.1, 0.15) is 6.42 Å². The van der Waals surface area contributed by atoms with Crippen LogP contribution in [0.5, 0.6) is 0 Å². The van der Waals surface area contributed by atoms with Gasteiger partial charge in [-0.3, -0.25) is 5.73 Å². The molecule has 0 unspecified atom stereocenters. The van der Waals surface area contributed by atoms with Gasteiger partial charge >= 0.3 is 0 Å². The van der Waals surface area contributed by atoms with E-state index in [1.54, 1.807) is 0 Å². The Bertz CT molecular complexity index is 12.4. The summed E-state index contributed by atoms with van der Waals surface area (Å²) in [5.41, 5.74) is 11.5. The van der Waals surface area contributed by atoms with Gasteiger partial charge in [-0.2, -0.15) is 0 Å². The van der Waals surface area contributed by atoms with Crippen molar-refractivity contribution in [3.05, 3.63) is 0 Å². The molecule has 0 atom stereocenters. The summed E-state index contributed by atoms with van der Waals surface area (Å²) in [5, 5.41) is 0. The van der Waals surface area contributed by atoms with Crippen LogP contribution in [-0.2, 0) is 0 Å². The highest BCUT2D eigenvalue weighted by molar-refractivity contribution is 4.32. The topological polar surface area (TPSA) is 49.8 Å². The fourth-order valence-electron chi connectivity index (χ4n) is 0.102. The van der Waals surface area contributed by atoms with E-state index >= 15 is 0 Å². The van der Waals surface area contributed by atoms with E-state index in [-0.39, 0.29) is 0 Å². The molecule has 0 bridgehead atoms.